The van der Waals surface area contributed by atoms with E-state index in [4.69, 9.17) is 5.14 Å². The van der Waals surface area contributed by atoms with Crippen molar-refractivity contribution in [2.45, 2.75) is 37.0 Å². The zero-order chi connectivity index (χ0) is 21.9. The van der Waals surface area contributed by atoms with E-state index in [1.165, 1.54) is 18.2 Å². The molecule has 5 amide bonds. The predicted molar refractivity (Wildman–Crippen MR) is 106 cm³/mol. The van der Waals surface area contributed by atoms with E-state index in [0.29, 0.717) is 11.3 Å². The van der Waals surface area contributed by atoms with Crippen molar-refractivity contribution in [3.63, 3.8) is 0 Å². The number of hydrogen-bond acceptors (Lipinski definition) is 6. The summed E-state index contributed by atoms with van der Waals surface area (Å²) in [4.78, 5) is 50.3. The molecule has 1 heterocycles. The maximum atomic E-state index is 12.5. The van der Waals surface area contributed by atoms with E-state index in [1.54, 1.807) is 0 Å². The minimum atomic E-state index is -3.96. The van der Waals surface area contributed by atoms with E-state index in [0.717, 1.165) is 42.2 Å². The van der Waals surface area contributed by atoms with Crippen LogP contribution in [0.1, 0.15) is 32.1 Å². The van der Waals surface area contributed by atoms with E-state index in [2.05, 4.69) is 11.4 Å². The second-order valence-electron chi connectivity index (χ2n) is 7.11. The van der Waals surface area contributed by atoms with Crippen LogP contribution < -0.4 is 10.5 Å². The van der Waals surface area contributed by atoms with Crippen LogP contribution in [0.25, 0.3) is 0 Å². The number of allylic oxidation sites excluding steroid dienone is 1. The highest BCUT2D eigenvalue weighted by Crippen LogP contribution is 2.22. The first-order chi connectivity index (χ1) is 14.2. The normalized spacial score (nSPS) is 17.4. The van der Waals surface area contributed by atoms with Gasteiger partial charge in [-0.15, -0.1) is 0 Å². The fourth-order valence-corrected chi connectivity index (χ4v) is 3.93. The third-order valence-corrected chi connectivity index (χ3v) is 5.84. The van der Waals surface area contributed by atoms with Crippen LogP contribution in [-0.4, -0.2) is 55.1 Å². The third kappa shape index (κ3) is 4.92. The zero-order valence-corrected chi connectivity index (χ0v) is 17.0. The van der Waals surface area contributed by atoms with Gasteiger partial charge in [-0.3, -0.25) is 19.3 Å². The van der Waals surface area contributed by atoms with Gasteiger partial charge in [0.25, 0.3) is 0 Å². The summed E-state index contributed by atoms with van der Waals surface area (Å²) in [7, 11) is -3.96. The number of primary sulfonamides is 1. The molecule has 0 atom stereocenters. The lowest BCUT2D eigenvalue weighted by Gasteiger charge is -2.17. The lowest BCUT2D eigenvalue weighted by molar-refractivity contribution is -0.143. The Kier molecular flexibility index (Phi) is 6.32. The number of nitrogens with two attached hydrogens (primary N) is 1. The SMILES string of the molecule is NS(=O)(=O)c1cccc(NC(=O)CN2C(=O)C(=O)N(CCC3=CCCCC3)C2=O)c1. The minimum Gasteiger partial charge on any atom is -0.324 e. The number of benzene rings is 1. The zero-order valence-electron chi connectivity index (χ0n) is 16.2. The summed E-state index contributed by atoms with van der Waals surface area (Å²) in [5.74, 6) is -2.78. The Morgan fingerprint density at radius 3 is 2.50 bits per heavy atom. The lowest BCUT2D eigenvalue weighted by atomic mass is 9.97. The van der Waals surface area contributed by atoms with Gasteiger partial charge in [-0.2, -0.15) is 0 Å². The molecule has 0 radical (unpaired) electrons. The molecule has 11 heteroatoms. The molecule has 2 aliphatic rings. The fourth-order valence-electron chi connectivity index (χ4n) is 3.37. The fraction of sp³-hybridized carbons (Fsp3) is 0.368. The van der Waals surface area contributed by atoms with E-state index >= 15 is 0 Å². The summed E-state index contributed by atoms with van der Waals surface area (Å²) in [5, 5.41) is 7.44. The largest absolute Gasteiger partial charge is 0.334 e. The maximum absolute atomic E-state index is 12.5. The lowest BCUT2D eigenvalue weighted by Crippen LogP contribution is -2.39. The molecule has 1 aliphatic carbocycles. The van der Waals surface area contributed by atoms with Crippen molar-refractivity contribution in [3.05, 3.63) is 35.9 Å². The number of rotatable bonds is 7. The average Bonchev–Trinajstić information content (AvgIpc) is 2.90. The molecule has 0 saturated carbocycles. The maximum Gasteiger partial charge on any atom is 0.334 e. The highest BCUT2D eigenvalue weighted by Gasteiger charge is 2.44. The van der Waals surface area contributed by atoms with Crippen LogP contribution in [0.4, 0.5) is 10.5 Å². The topological polar surface area (TPSA) is 147 Å². The number of carbonyl (C=O) groups is 4. The Labute approximate surface area is 173 Å². The molecule has 3 N–H and O–H groups in total. The second kappa shape index (κ2) is 8.76. The number of amides is 5. The third-order valence-electron chi connectivity index (χ3n) is 4.92. The van der Waals surface area contributed by atoms with E-state index in [1.807, 2.05) is 0 Å². The van der Waals surface area contributed by atoms with Crippen molar-refractivity contribution < 1.29 is 27.6 Å². The van der Waals surface area contributed by atoms with Crippen molar-refractivity contribution in [2.24, 2.45) is 5.14 Å². The Bertz CT molecular complexity index is 1030. The summed E-state index contributed by atoms with van der Waals surface area (Å²) >= 11 is 0. The van der Waals surface area contributed by atoms with Gasteiger partial charge < -0.3 is 5.32 Å². The van der Waals surface area contributed by atoms with Crippen molar-refractivity contribution in [1.82, 2.24) is 9.80 Å². The first-order valence-corrected chi connectivity index (χ1v) is 11.0. The monoisotopic (exact) mass is 434 g/mol. The molecule has 1 aliphatic heterocycles. The van der Waals surface area contributed by atoms with Gasteiger partial charge >= 0.3 is 17.8 Å². The quantitative estimate of drug-likeness (QED) is 0.371. The van der Waals surface area contributed by atoms with E-state index in [9.17, 15) is 27.6 Å². The van der Waals surface area contributed by atoms with E-state index in [-0.39, 0.29) is 17.1 Å². The van der Waals surface area contributed by atoms with Crippen molar-refractivity contribution in [1.29, 1.82) is 0 Å². The van der Waals surface area contributed by atoms with Gasteiger partial charge in [0.15, 0.2) is 0 Å². The Hall–Kier alpha value is -3.05. The molecule has 1 fully saturated rings. The molecule has 0 spiro atoms. The summed E-state index contributed by atoms with van der Waals surface area (Å²) in [5.41, 5.74) is 1.28. The van der Waals surface area contributed by atoms with Gasteiger partial charge in [-0.05, 0) is 50.3 Å². The van der Waals surface area contributed by atoms with Gasteiger partial charge in [-0.25, -0.2) is 23.3 Å². The highest BCUT2D eigenvalue weighted by atomic mass is 32.2. The Morgan fingerprint density at radius 2 is 1.83 bits per heavy atom. The number of hydrogen-bond donors (Lipinski definition) is 2. The summed E-state index contributed by atoms with van der Waals surface area (Å²) < 4.78 is 22.8. The van der Waals surface area contributed by atoms with Crippen molar-refractivity contribution >= 4 is 39.5 Å². The van der Waals surface area contributed by atoms with Crippen molar-refractivity contribution in [2.75, 3.05) is 18.4 Å². The van der Waals surface area contributed by atoms with Crippen LogP contribution in [0.15, 0.2) is 40.8 Å². The smallest absolute Gasteiger partial charge is 0.324 e. The highest BCUT2D eigenvalue weighted by molar-refractivity contribution is 7.89. The first-order valence-electron chi connectivity index (χ1n) is 9.45. The molecule has 1 aromatic carbocycles. The number of sulfonamides is 1. The van der Waals surface area contributed by atoms with Crippen LogP contribution in [-0.2, 0) is 24.4 Å². The van der Waals surface area contributed by atoms with Crippen LogP contribution in [0, 0.1) is 0 Å². The molecule has 10 nitrogen and oxygen atoms in total. The minimum absolute atomic E-state index is 0.0871. The summed E-state index contributed by atoms with van der Waals surface area (Å²) in [6, 6.07) is 4.38. The average molecular weight is 434 g/mol. The number of nitrogens with zero attached hydrogens (tertiary/aromatic N) is 2. The van der Waals surface area contributed by atoms with Crippen LogP contribution >= 0.6 is 0 Å². The predicted octanol–water partition coefficient (Wildman–Crippen LogP) is 0.954. The summed E-state index contributed by atoms with van der Waals surface area (Å²) in [6.45, 7) is -0.577. The number of carbonyl (C=O) groups excluding carboxylic acids is 4. The standard InChI is InChI=1S/C19H22N4O6S/c20-30(28,29)15-8-4-7-14(11-15)21-16(24)12-23-18(26)17(25)22(19(23)27)10-9-13-5-2-1-3-6-13/h4-5,7-8,11H,1-3,6,9-10,12H2,(H,21,24)(H2,20,28,29). The summed E-state index contributed by atoms with van der Waals surface area (Å²) in [6.07, 6.45) is 6.66. The molecule has 1 aromatic rings. The number of nitrogens with one attached hydrogen (secondary N) is 1. The molecular formula is C19H22N4O6S. The Morgan fingerprint density at radius 1 is 1.10 bits per heavy atom. The molecule has 30 heavy (non-hydrogen) atoms. The van der Waals surface area contributed by atoms with Gasteiger partial charge in [0, 0.05) is 12.2 Å². The molecular weight excluding hydrogens is 412 g/mol. The number of urea groups is 1. The van der Waals surface area contributed by atoms with E-state index < -0.39 is 40.3 Å². The molecule has 0 bridgehead atoms. The number of anilines is 1. The van der Waals surface area contributed by atoms with Crippen LogP contribution in [0.5, 0.6) is 0 Å². The molecule has 1 saturated heterocycles. The van der Waals surface area contributed by atoms with Crippen LogP contribution in [0.2, 0.25) is 0 Å². The van der Waals surface area contributed by atoms with Crippen LogP contribution in [0.3, 0.4) is 0 Å². The molecule has 0 unspecified atom stereocenters. The van der Waals surface area contributed by atoms with Gasteiger partial charge in [0.05, 0.1) is 4.90 Å². The second-order valence-corrected chi connectivity index (χ2v) is 8.67. The molecule has 160 valence electrons. The molecule has 0 aromatic heterocycles. The first kappa shape index (κ1) is 21.7. The van der Waals surface area contributed by atoms with Crippen molar-refractivity contribution in [3.8, 4) is 0 Å². The molecule has 3 rings (SSSR count). The Balaban J connectivity index is 1.62. The van der Waals surface area contributed by atoms with Gasteiger partial charge in [0.2, 0.25) is 15.9 Å². The van der Waals surface area contributed by atoms with Gasteiger partial charge in [-0.1, -0.05) is 17.7 Å². The number of imide groups is 2. The van der Waals surface area contributed by atoms with Gasteiger partial charge in [0.1, 0.15) is 6.54 Å².